The fourth-order valence-corrected chi connectivity index (χ4v) is 3.00. The first-order valence-corrected chi connectivity index (χ1v) is 8.47. The first kappa shape index (κ1) is 16.3. The van der Waals surface area contributed by atoms with E-state index in [2.05, 4.69) is 20.5 Å². The molecule has 0 radical (unpaired) electrons. The van der Waals surface area contributed by atoms with Crippen molar-refractivity contribution in [1.29, 1.82) is 0 Å². The molecule has 2 aromatic rings. The van der Waals surface area contributed by atoms with Gasteiger partial charge in [0.25, 0.3) is 0 Å². The van der Waals surface area contributed by atoms with Gasteiger partial charge in [0.1, 0.15) is 0 Å². The lowest BCUT2D eigenvalue weighted by Gasteiger charge is -2.33. The highest BCUT2D eigenvalue weighted by atomic mass is 16.2. The topological polar surface area (TPSA) is 57.3 Å². The second-order valence-corrected chi connectivity index (χ2v) is 6.34. The summed E-state index contributed by atoms with van der Waals surface area (Å²) in [5.74, 6) is 0.534. The van der Waals surface area contributed by atoms with E-state index in [-0.39, 0.29) is 6.03 Å². The number of aryl methyl sites for hydroxylation is 1. The van der Waals surface area contributed by atoms with E-state index in [1.54, 1.807) is 0 Å². The van der Waals surface area contributed by atoms with Crippen molar-refractivity contribution in [3.05, 3.63) is 54.4 Å². The summed E-state index contributed by atoms with van der Waals surface area (Å²) >= 11 is 0. The monoisotopic (exact) mass is 324 g/mol. The summed E-state index contributed by atoms with van der Waals surface area (Å²) in [6, 6.07) is 11.8. The minimum absolute atomic E-state index is 0.129. The Labute approximate surface area is 143 Å². The van der Waals surface area contributed by atoms with Crippen LogP contribution in [-0.2, 0) is 0 Å². The summed E-state index contributed by atoms with van der Waals surface area (Å²) in [4.78, 5) is 18.4. The Balaban J connectivity index is 1.40. The number of amides is 2. The molecule has 3 rings (SSSR count). The maximum Gasteiger partial charge on any atom is 0.319 e. The molecule has 0 aliphatic carbocycles. The number of hydrogen-bond acceptors (Lipinski definition) is 3. The van der Waals surface area contributed by atoms with Crippen LogP contribution >= 0.6 is 0 Å². The van der Waals surface area contributed by atoms with Gasteiger partial charge in [-0.15, -0.1) is 0 Å². The number of hydrogen-bond donors (Lipinski definition) is 2. The highest BCUT2D eigenvalue weighted by Crippen LogP contribution is 2.22. The molecule has 1 aliphatic rings. The normalized spacial score (nSPS) is 15.1. The molecule has 1 aromatic heterocycles. The van der Waals surface area contributed by atoms with Gasteiger partial charge in [-0.05, 0) is 49.9 Å². The van der Waals surface area contributed by atoms with Crippen LogP contribution in [0.4, 0.5) is 16.2 Å². The molecule has 1 aromatic carbocycles. The van der Waals surface area contributed by atoms with E-state index in [4.69, 9.17) is 0 Å². The number of carbonyl (C=O) groups excluding carboxylic acids is 1. The standard InChI is InChI=1S/C19H24N4O/c1-15-2-4-17(5-3-15)22-19(24)21-14-16-8-12-23(13-9-16)18-6-10-20-11-7-18/h2-7,10-11,16H,8-9,12-14H2,1H3,(H2,21,22,24). The Hall–Kier alpha value is -2.56. The van der Waals surface area contributed by atoms with Crippen LogP contribution in [0.3, 0.4) is 0 Å². The van der Waals surface area contributed by atoms with Gasteiger partial charge in [0, 0.05) is 43.4 Å². The van der Waals surface area contributed by atoms with Crippen LogP contribution in [0, 0.1) is 12.8 Å². The minimum Gasteiger partial charge on any atom is -0.371 e. The molecule has 126 valence electrons. The van der Waals surface area contributed by atoms with E-state index < -0.39 is 0 Å². The van der Waals surface area contributed by atoms with Gasteiger partial charge in [-0.3, -0.25) is 4.98 Å². The van der Waals surface area contributed by atoms with Gasteiger partial charge in [-0.1, -0.05) is 17.7 Å². The van der Waals surface area contributed by atoms with Gasteiger partial charge in [0.2, 0.25) is 0 Å². The number of nitrogens with one attached hydrogen (secondary N) is 2. The smallest absolute Gasteiger partial charge is 0.319 e. The van der Waals surface area contributed by atoms with Crippen LogP contribution in [0.1, 0.15) is 18.4 Å². The molecule has 2 amide bonds. The average Bonchev–Trinajstić information content (AvgIpc) is 2.63. The van der Waals surface area contributed by atoms with Crippen molar-refractivity contribution in [3.63, 3.8) is 0 Å². The van der Waals surface area contributed by atoms with Gasteiger partial charge >= 0.3 is 6.03 Å². The fourth-order valence-electron chi connectivity index (χ4n) is 3.00. The van der Waals surface area contributed by atoms with Crippen molar-refractivity contribution >= 4 is 17.4 Å². The molecule has 0 saturated carbocycles. The zero-order chi connectivity index (χ0) is 16.8. The van der Waals surface area contributed by atoms with Crippen LogP contribution in [0.25, 0.3) is 0 Å². The molecule has 0 bridgehead atoms. The van der Waals surface area contributed by atoms with Gasteiger partial charge in [-0.25, -0.2) is 4.79 Å². The summed E-state index contributed by atoms with van der Waals surface area (Å²) < 4.78 is 0. The van der Waals surface area contributed by atoms with Crippen LogP contribution in [0.15, 0.2) is 48.8 Å². The van der Waals surface area contributed by atoms with Crippen molar-refractivity contribution in [3.8, 4) is 0 Å². The molecule has 0 spiro atoms. The van der Waals surface area contributed by atoms with E-state index >= 15 is 0 Å². The van der Waals surface area contributed by atoms with Crippen molar-refractivity contribution < 1.29 is 4.79 Å². The number of urea groups is 1. The van der Waals surface area contributed by atoms with Gasteiger partial charge in [-0.2, -0.15) is 0 Å². The maximum absolute atomic E-state index is 12.0. The van der Waals surface area contributed by atoms with Gasteiger partial charge < -0.3 is 15.5 Å². The molecule has 0 unspecified atom stereocenters. The van der Waals surface area contributed by atoms with Crippen LogP contribution < -0.4 is 15.5 Å². The minimum atomic E-state index is -0.129. The maximum atomic E-state index is 12.0. The number of anilines is 2. The number of aromatic nitrogens is 1. The second-order valence-electron chi connectivity index (χ2n) is 6.34. The lowest BCUT2D eigenvalue weighted by Crippen LogP contribution is -2.39. The number of piperidine rings is 1. The Bertz CT molecular complexity index is 649. The number of benzene rings is 1. The van der Waals surface area contributed by atoms with Crippen LogP contribution in [0.2, 0.25) is 0 Å². The van der Waals surface area contributed by atoms with Crippen molar-refractivity contribution in [1.82, 2.24) is 10.3 Å². The molecule has 1 aliphatic heterocycles. The number of rotatable bonds is 4. The molecule has 5 nitrogen and oxygen atoms in total. The average molecular weight is 324 g/mol. The summed E-state index contributed by atoms with van der Waals surface area (Å²) in [6.45, 7) is 4.80. The van der Waals surface area contributed by atoms with Crippen molar-refractivity contribution in [2.75, 3.05) is 29.9 Å². The summed E-state index contributed by atoms with van der Waals surface area (Å²) in [7, 11) is 0. The first-order valence-electron chi connectivity index (χ1n) is 8.47. The SMILES string of the molecule is Cc1ccc(NC(=O)NCC2CCN(c3ccncc3)CC2)cc1. The fraction of sp³-hybridized carbons (Fsp3) is 0.368. The molecule has 1 saturated heterocycles. The largest absolute Gasteiger partial charge is 0.371 e. The zero-order valence-electron chi connectivity index (χ0n) is 14.0. The molecule has 0 atom stereocenters. The summed E-state index contributed by atoms with van der Waals surface area (Å²) in [5, 5.41) is 5.87. The van der Waals surface area contributed by atoms with E-state index in [0.29, 0.717) is 5.92 Å². The molecular formula is C19H24N4O. The lowest BCUT2D eigenvalue weighted by atomic mass is 9.96. The highest BCUT2D eigenvalue weighted by Gasteiger charge is 2.19. The number of pyridine rings is 1. The predicted octanol–water partition coefficient (Wildman–Crippen LogP) is 3.43. The predicted molar refractivity (Wildman–Crippen MR) is 97.4 cm³/mol. The number of nitrogens with zero attached hydrogens (tertiary/aromatic N) is 2. The third kappa shape index (κ3) is 4.47. The van der Waals surface area contributed by atoms with E-state index in [1.807, 2.05) is 55.7 Å². The highest BCUT2D eigenvalue weighted by molar-refractivity contribution is 5.89. The third-order valence-electron chi connectivity index (χ3n) is 4.50. The first-order chi connectivity index (χ1) is 11.7. The Morgan fingerprint density at radius 1 is 1.12 bits per heavy atom. The Morgan fingerprint density at radius 3 is 2.46 bits per heavy atom. The molecule has 2 N–H and O–H groups in total. The van der Waals surface area contributed by atoms with Crippen molar-refractivity contribution in [2.24, 2.45) is 5.92 Å². The van der Waals surface area contributed by atoms with Gasteiger partial charge in [0.15, 0.2) is 0 Å². The molecule has 5 heteroatoms. The Morgan fingerprint density at radius 2 is 1.79 bits per heavy atom. The van der Waals surface area contributed by atoms with Crippen molar-refractivity contribution in [2.45, 2.75) is 19.8 Å². The van der Waals surface area contributed by atoms with Crippen LogP contribution in [-0.4, -0.2) is 30.6 Å². The molecule has 24 heavy (non-hydrogen) atoms. The Kier molecular flexibility index (Phi) is 5.31. The number of carbonyl (C=O) groups is 1. The molecular weight excluding hydrogens is 300 g/mol. The third-order valence-corrected chi connectivity index (χ3v) is 4.50. The molecule has 2 heterocycles. The lowest BCUT2D eigenvalue weighted by molar-refractivity contribution is 0.248. The van der Waals surface area contributed by atoms with E-state index in [9.17, 15) is 4.79 Å². The quantitative estimate of drug-likeness (QED) is 0.906. The van der Waals surface area contributed by atoms with E-state index in [0.717, 1.165) is 38.2 Å². The summed E-state index contributed by atoms with van der Waals surface area (Å²) in [5.41, 5.74) is 3.24. The summed E-state index contributed by atoms with van der Waals surface area (Å²) in [6.07, 6.45) is 5.84. The van der Waals surface area contributed by atoms with Gasteiger partial charge in [0.05, 0.1) is 0 Å². The van der Waals surface area contributed by atoms with Crippen LogP contribution in [0.5, 0.6) is 0 Å². The molecule has 1 fully saturated rings. The second kappa shape index (κ2) is 7.81. The zero-order valence-corrected chi connectivity index (χ0v) is 14.0. The van der Waals surface area contributed by atoms with E-state index in [1.165, 1.54) is 11.3 Å².